The summed E-state index contributed by atoms with van der Waals surface area (Å²) in [5.74, 6) is 0. The SMILES string of the molecule is C[Si](C)(c1ccccc1)c1ccc(Nc2ccc(-c3ccccc3)cc2)cc1. The van der Waals surface area contributed by atoms with E-state index in [1.54, 1.807) is 0 Å². The van der Waals surface area contributed by atoms with E-state index in [1.807, 2.05) is 6.07 Å². The molecule has 0 unspecified atom stereocenters. The van der Waals surface area contributed by atoms with Crippen molar-refractivity contribution in [3.05, 3.63) is 109 Å². The van der Waals surface area contributed by atoms with Gasteiger partial charge in [0.05, 0.1) is 0 Å². The molecule has 0 aliphatic rings. The van der Waals surface area contributed by atoms with Crippen molar-refractivity contribution in [1.82, 2.24) is 0 Å². The Morgan fingerprint density at radius 2 is 0.893 bits per heavy atom. The van der Waals surface area contributed by atoms with Crippen molar-refractivity contribution in [2.24, 2.45) is 0 Å². The van der Waals surface area contributed by atoms with E-state index in [0.29, 0.717) is 0 Å². The zero-order chi connectivity index (χ0) is 19.4. The minimum absolute atomic E-state index is 1.10. The van der Waals surface area contributed by atoms with E-state index < -0.39 is 8.07 Å². The van der Waals surface area contributed by atoms with E-state index in [4.69, 9.17) is 0 Å². The average molecular weight is 380 g/mol. The fourth-order valence-corrected chi connectivity index (χ4v) is 5.89. The molecule has 138 valence electrons. The first-order chi connectivity index (χ1) is 13.6. The third-order valence-corrected chi connectivity index (χ3v) is 8.94. The summed E-state index contributed by atoms with van der Waals surface area (Å²) in [4.78, 5) is 0. The Morgan fingerprint density at radius 3 is 1.46 bits per heavy atom. The molecule has 0 aromatic heterocycles. The maximum atomic E-state index is 3.52. The number of hydrogen-bond donors (Lipinski definition) is 1. The van der Waals surface area contributed by atoms with Crippen LogP contribution in [0.3, 0.4) is 0 Å². The molecule has 0 saturated carbocycles. The molecule has 1 nitrogen and oxygen atoms in total. The summed E-state index contributed by atoms with van der Waals surface area (Å²) >= 11 is 0. The molecule has 4 aromatic carbocycles. The lowest BCUT2D eigenvalue weighted by molar-refractivity contribution is 1.54. The molecule has 4 rings (SSSR count). The van der Waals surface area contributed by atoms with Crippen molar-refractivity contribution in [1.29, 1.82) is 0 Å². The van der Waals surface area contributed by atoms with Gasteiger partial charge in [0.25, 0.3) is 0 Å². The summed E-state index contributed by atoms with van der Waals surface area (Å²) in [6.07, 6.45) is 0. The van der Waals surface area contributed by atoms with Gasteiger partial charge in [0.15, 0.2) is 0 Å². The van der Waals surface area contributed by atoms with Crippen molar-refractivity contribution >= 4 is 29.8 Å². The largest absolute Gasteiger partial charge is 0.356 e. The minimum atomic E-state index is -1.64. The lowest BCUT2D eigenvalue weighted by atomic mass is 10.1. The van der Waals surface area contributed by atoms with Gasteiger partial charge in [0.2, 0.25) is 0 Å². The standard InChI is InChI=1S/C26H25NSi/c1-28(2,25-11-7-4-8-12-25)26-19-17-24(18-20-26)27-23-15-13-22(14-16-23)21-9-5-3-6-10-21/h3-20,27H,1-2H3. The Balaban J connectivity index is 1.49. The molecule has 0 amide bonds. The van der Waals surface area contributed by atoms with Crippen LogP contribution in [-0.4, -0.2) is 8.07 Å². The van der Waals surface area contributed by atoms with E-state index in [-0.39, 0.29) is 0 Å². The van der Waals surface area contributed by atoms with Crippen LogP contribution in [0.2, 0.25) is 13.1 Å². The molecule has 1 N–H and O–H groups in total. The highest BCUT2D eigenvalue weighted by Crippen LogP contribution is 2.23. The van der Waals surface area contributed by atoms with Crippen LogP contribution < -0.4 is 15.7 Å². The van der Waals surface area contributed by atoms with Crippen LogP contribution in [0, 0.1) is 0 Å². The molecule has 0 saturated heterocycles. The van der Waals surface area contributed by atoms with Crippen LogP contribution in [0.1, 0.15) is 0 Å². The highest BCUT2D eigenvalue weighted by atomic mass is 28.3. The second-order valence-electron chi connectivity index (χ2n) is 7.64. The zero-order valence-electron chi connectivity index (χ0n) is 16.4. The van der Waals surface area contributed by atoms with Crippen molar-refractivity contribution in [2.45, 2.75) is 13.1 Å². The van der Waals surface area contributed by atoms with Gasteiger partial charge in [-0.15, -0.1) is 0 Å². The third kappa shape index (κ3) is 3.92. The van der Waals surface area contributed by atoms with Crippen LogP contribution in [0.25, 0.3) is 11.1 Å². The monoisotopic (exact) mass is 379 g/mol. The van der Waals surface area contributed by atoms with Crippen molar-refractivity contribution in [3.8, 4) is 11.1 Å². The summed E-state index contributed by atoms with van der Waals surface area (Å²) in [6.45, 7) is 4.82. The first-order valence-corrected chi connectivity index (χ1v) is 12.7. The molecular weight excluding hydrogens is 354 g/mol. The number of anilines is 2. The minimum Gasteiger partial charge on any atom is -0.356 e. The van der Waals surface area contributed by atoms with Crippen molar-refractivity contribution in [2.75, 3.05) is 5.32 Å². The van der Waals surface area contributed by atoms with E-state index in [0.717, 1.165) is 11.4 Å². The molecule has 0 fully saturated rings. The highest BCUT2D eigenvalue weighted by molar-refractivity contribution is 7.00. The number of benzene rings is 4. The fourth-order valence-electron chi connectivity index (χ4n) is 3.53. The Bertz CT molecular complexity index is 1020. The van der Waals surface area contributed by atoms with Gasteiger partial charge in [-0.2, -0.15) is 0 Å². The lowest BCUT2D eigenvalue weighted by Gasteiger charge is -2.24. The second kappa shape index (κ2) is 7.87. The predicted molar refractivity (Wildman–Crippen MR) is 125 cm³/mol. The van der Waals surface area contributed by atoms with Crippen LogP contribution in [0.15, 0.2) is 109 Å². The van der Waals surface area contributed by atoms with Gasteiger partial charge in [-0.05, 0) is 35.4 Å². The van der Waals surface area contributed by atoms with Crippen molar-refractivity contribution in [3.63, 3.8) is 0 Å². The Morgan fingerprint density at radius 1 is 0.464 bits per heavy atom. The quantitative estimate of drug-likeness (QED) is 0.424. The molecule has 0 atom stereocenters. The van der Waals surface area contributed by atoms with Gasteiger partial charge >= 0.3 is 0 Å². The fraction of sp³-hybridized carbons (Fsp3) is 0.0769. The van der Waals surface area contributed by atoms with Gasteiger partial charge in [-0.3, -0.25) is 0 Å². The van der Waals surface area contributed by atoms with Crippen LogP contribution in [0.5, 0.6) is 0 Å². The summed E-state index contributed by atoms with van der Waals surface area (Å²) < 4.78 is 0. The van der Waals surface area contributed by atoms with E-state index in [2.05, 4.69) is 122 Å². The molecule has 0 bridgehead atoms. The van der Waals surface area contributed by atoms with Gasteiger partial charge in [-0.1, -0.05) is 108 Å². The molecule has 0 aliphatic carbocycles. The molecule has 2 heteroatoms. The molecule has 28 heavy (non-hydrogen) atoms. The second-order valence-corrected chi connectivity index (χ2v) is 12.0. The number of nitrogens with one attached hydrogen (secondary N) is 1. The lowest BCUT2D eigenvalue weighted by Crippen LogP contribution is -2.52. The van der Waals surface area contributed by atoms with Gasteiger partial charge in [0.1, 0.15) is 8.07 Å². The Kier molecular flexibility index (Phi) is 5.14. The molecule has 4 aromatic rings. The van der Waals surface area contributed by atoms with Gasteiger partial charge in [0, 0.05) is 11.4 Å². The third-order valence-electron chi connectivity index (χ3n) is 5.38. The molecule has 0 spiro atoms. The molecule has 0 radical (unpaired) electrons. The molecular formula is C26H25NSi. The zero-order valence-corrected chi connectivity index (χ0v) is 17.4. The first kappa shape index (κ1) is 18.3. The van der Waals surface area contributed by atoms with Gasteiger partial charge in [-0.25, -0.2) is 0 Å². The van der Waals surface area contributed by atoms with Crippen molar-refractivity contribution < 1.29 is 0 Å². The topological polar surface area (TPSA) is 12.0 Å². The highest BCUT2D eigenvalue weighted by Gasteiger charge is 2.25. The average Bonchev–Trinajstić information content (AvgIpc) is 2.76. The predicted octanol–water partition coefficient (Wildman–Crippen LogP) is 5.92. The first-order valence-electron chi connectivity index (χ1n) is 9.71. The summed E-state index contributed by atoms with van der Waals surface area (Å²) in [5, 5.41) is 6.43. The van der Waals surface area contributed by atoms with Crippen LogP contribution in [0.4, 0.5) is 11.4 Å². The molecule has 0 aliphatic heterocycles. The van der Waals surface area contributed by atoms with E-state index in [1.165, 1.54) is 21.5 Å². The van der Waals surface area contributed by atoms with Crippen LogP contribution >= 0.6 is 0 Å². The van der Waals surface area contributed by atoms with E-state index >= 15 is 0 Å². The van der Waals surface area contributed by atoms with E-state index in [9.17, 15) is 0 Å². The summed E-state index contributed by atoms with van der Waals surface area (Å²) in [7, 11) is -1.64. The summed E-state index contributed by atoms with van der Waals surface area (Å²) in [6, 6.07) is 38.9. The van der Waals surface area contributed by atoms with Crippen LogP contribution in [-0.2, 0) is 0 Å². The maximum absolute atomic E-state index is 3.52. The number of rotatable bonds is 5. The molecule has 0 heterocycles. The van der Waals surface area contributed by atoms with Gasteiger partial charge < -0.3 is 5.32 Å². The Hall–Kier alpha value is -3.10. The normalized spacial score (nSPS) is 11.2. The smallest absolute Gasteiger partial charge is 0.112 e. The Labute approximate surface area is 168 Å². The summed E-state index contributed by atoms with van der Waals surface area (Å²) in [5.41, 5.74) is 4.70. The maximum Gasteiger partial charge on any atom is 0.112 e. The number of hydrogen-bond acceptors (Lipinski definition) is 1.